The Bertz CT molecular complexity index is 444. The molecule has 0 fully saturated rings. The van der Waals surface area contributed by atoms with Crippen molar-refractivity contribution in [2.45, 2.75) is 13.0 Å². The maximum absolute atomic E-state index is 11.6. The fourth-order valence-corrected chi connectivity index (χ4v) is 1.66. The highest BCUT2D eigenvalue weighted by Gasteiger charge is 2.28. The first-order valence-electron chi connectivity index (χ1n) is 5.43. The van der Waals surface area contributed by atoms with E-state index < -0.39 is 13.1 Å². The topological polar surface area (TPSA) is 55.8 Å². The highest BCUT2D eigenvalue weighted by atomic mass is 16.5. The third-order valence-corrected chi connectivity index (χ3v) is 2.60. The van der Waals surface area contributed by atoms with Gasteiger partial charge in [-0.25, -0.2) is 4.79 Å². The van der Waals surface area contributed by atoms with Gasteiger partial charge < -0.3 is 14.4 Å². The van der Waals surface area contributed by atoms with Crippen molar-refractivity contribution in [3.63, 3.8) is 0 Å². The molecule has 1 N–H and O–H groups in total. The molecule has 0 aliphatic carbocycles. The second-order valence-electron chi connectivity index (χ2n) is 3.79. The largest absolute Gasteiger partial charge is 0.491 e. The molecule has 1 aliphatic rings. The van der Waals surface area contributed by atoms with E-state index in [0.29, 0.717) is 30.7 Å². The van der Waals surface area contributed by atoms with Gasteiger partial charge in [0.25, 0.3) is 0 Å². The van der Waals surface area contributed by atoms with Gasteiger partial charge in [0.15, 0.2) is 0 Å². The van der Waals surface area contributed by atoms with E-state index in [2.05, 4.69) is 6.58 Å². The van der Waals surface area contributed by atoms with E-state index in [4.69, 9.17) is 9.39 Å². The lowest BCUT2D eigenvalue weighted by Crippen LogP contribution is -2.28. The molecule has 1 heterocycles. The molecule has 0 spiro atoms. The maximum atomic E-state index is 11.6. The van der Waals surface area contributed by atoms with Gasteiger partial charge in [-0.05, 0) is 29.6 Å². The van der Waals surface area contributed by atoms with Crippen LogP contribution in [0.5, 0.6) is 0 Å². The summed E-state index contributed by atoms with van der Waals surface area (Å²) < 4.78 is 10.1. The smallest absolute Gasteiger partial charge is 0.462 e. The lowest BCUT2D eigenvalue weighted by molar-refractivity contribution is 0.0512. The number of benzene rings is 1. The molecule has 1 aromatic rings. The van der Waals surface area contributed by atoms with Crippen LogP contribution < -0.4 is 5.46 Å². The molecule has 0 amide bonds. The van der Waals surface area contributed by atoms with Gasteiger partial charge in [0, 0.05) is 0 Å². The summed E-state index contributed by atoms with van der Waals surface area (Å²) in [5.41, 5.74) is 1.97. The number of carbonyl (C=O) groups excluding carboxylic acids is 1. The standard InChI is InChI=1S/C12H13BO4/c1-2-3-6-16-12(14)9-4-5-10-8-17-13(15)11(10)7-9/h2,4-5,7,15H,1,3,6,8H2. The molecule has 0 saturated carbocycles. The minimum atomic E-state index is -0.939. The molecule has 0 radical (unpaired) electrons. The molecule has 2 rings (SSSR count). The highest BCUT2D eigenvalue weighted by molar-refractivity contribution is 6.61. The summed E-state index contributed by atoms with van der Waals surface area (Å²) >= 11 is 0. The number of rotatable bonds is 4. The Kier molecular flexibility index (Phi) is 3.61. The van der Waals surface area contributed by atoms with Crippen molar-refractivity contribution < 1.29 is 19.2 Å². The summed E-state index contributed by atoms with van der Waals surface area (Å²) in [6, 6.07) is 5.06. The number of fused-ring (bicyclic) bond motifs is 1. The van der Waals surface area contributed by atoms with Crippen LogP contribution in [0.3, 0.4) is 0 Å². The Morgan fingerprint density at radius 3 is 3.24 bits per heavy atom. The van der Waals surface area contributed by atoms with Crippen LogP contribution in [0.2, 0.25) is 0 Å². The normalized spacial score (nSPS) is 13.4. The van der Waals surface area contributed by atoms with E-state index in [9.17, 15) is 9.82 Å². The van der Waals surface area contributed by atoms with Crippen LogP contribution in [-0.4, -0.2) is 24.7 Å². The maximum Gasteiger partial charge on any atom is 0.491 e. The first-order chi connectivity index (χ1) is 8.22. The van der Waals surface area contributed by atoms with Gasteiger partial charge in [-0.2, -0.15) is 0 Å². The van der Waals surface area contributed by atoms with Crippen LogP contribution in [0.1, 0.15) is 22.3 Å². The van der Waals surface area contributed by atoms with Crippen molar-refractivity contribution in [2.75, 3.05) is 6.61 Å². The fraction of sp³-hybridized carbons (Fsp3) is 0.250. The minimum absolute atomic E-state index is 0.318. The van der Waals surface area contributed by atoms with Gasteiger partial charge in [-0.1, -0.05) is 12.1 Å². The summed E-state index contributed by atoms with van der Waals surface area (Å²) in [6.07, 6.45) is 2.32. The molecular weight excluding hydrogens is 219 g/mol. The zero-order valence-electron chi connectivity index (χ0n) is 9.39. The van der Waals surface area contributed by atoms with Crippen LogP contribution in [0.25, 0.3) is 0 Å². The number of ether oxygens (including phenoxy) is 1. The first kappa shape index (κ1) is 11.9. The second kappa shape index (κ2) is 5.16. The summed E-state index contributed by atoms with van der Waals surface area (Å²) in [5.74, 6) is -0.395. The van der Waals surface area contributed by atoms with Crippen LogP contribution in [0, 0.1) is 0 Å². The zero-order valence-corrected chi connectivity index (χ0v) is 9.39. The van der Waals surface area contributed by atoms with E-state index in [0.717, 1.165) is 5.56 Å². The molecule has 1 aliphatic heterocycles. The SMILES string of the molecule is C=CCCOC(=O)c1ccc2c(c1)B(O)OC2. The average molecular weight is 232 g/mol. The summed E-state index contributed by atoms with van der Waals surface area (Å²) in [7, 11) is -0.939. The number of hydrogen-bond donors (Lipinski definition) is 1. The van der Waals surface area contributed by atoms with Gasteiger partial charge in [-0.3, -0.25) is 0 Å². The van der Waals surface area contributed by atoms with Gasteiger partial charge >= 0.3 is 13.1 Å². The second-order valence-corrected chi connectivity index (χ2v) is 3.79. The highest BCUT2D eigenvalue weighted by Crippen LogP contribution is 2.12. The predicted octanol–water partition coefficient (Wildman–Crippen LogP) is 0.637. The van der Waals surface area contributed by atoms with Crippen LogP contribution in [0.4, 0.5) is 0 Å². The third-order valence-electron chi connectivity index (χ3n) is 2.60. The van der Waals surface area contributed by atoms with Crippen LogP contribution in [-0.2, 0) is 16.0 Å². The molecule has 0 saturated heterocycles. The Hall–Kier alpha value is -1.59. The van der Waals surface area contributed by atoms with Crippen molar-refractivity contribution >= 4 is 18.6 Å². The number of esters is 1. The predicted molar refractivity (Wildman–Crippen MR) is 63.9 cm³/mol. The Labute approximate surface area is 100 Å². The summed E-state index contributed by atoms with van der Waals surface area (Å²) in [4.78, 5) is 11.6. The van der Waals surface area contributed by atoms with Gasteiger partial charge in [0.2, 0.25) is 0 Å². The Morgan fingerprint density at radius 1 is 1.65 bits per heavy atom. The summed E-state index contributed by atoms with van der Waals surface area (Å²) in [5, 5.41) is 9.51. The molecule has 5 heteroatoms. The van der Waals surface area contributed by atoms with Crippen molar-refractivity contribution in [1.29, 1.82) is 0 Å². The van der Waals surface area contributed by atoms with Gasteiger partial charge in [0.1, 0.15) is 0 Å². The molecule has 0 unspecified atom stereocenters. The van der Waals surface area contributed by atoms with Gasteiger partial charge in [0.05, 0.1) is 18.8 Å². The zero-order chi connectivity index (χ0) is 12.3. The molecule has 1 aromatic carbocycles. The van der Waals surface area contributed by atoms with Crippen molar-refractivity contribution in [2.24, 2.45) is 0 Å². The van der Waals surface area contributed by atoms with Gasteiger partial charge in [-0.15, -0.1) is 6.58 Å². The van der Waals surface area contributed by atoms with Crippen LogP contribution in [0.15, 0.2) is 30.9 Å². The number of carbonyl (C=O) groups is 1. The molecule has 88 valence electrons. The molecule has 0 atom stereocenters. The monoisotopic (exact) mass is 232 g/mol. The lowest BCUT2D eigenvalue weighted by Gasteiger charge is -2.05. The van der Waals surface area contributed by atoms with E-state index in [1.165, 1.54) is 0 Å². The molecule has 17 heavy (non-hydrogen) atoms. The van der Waals surface area contributed by atoms with Crippen LogP contribution >= 0.6 is 0 Å². The van der Waals surface area contributed by atoms with E-state index in [-0.39, 0.29) is 0 Å². The lowest BCUT2D eigenvalue weighted by atomic mass is 9.79. The average Bonchev–Trinajstić information content (AvgIpc) is 2.71. The molecule has 0 bridgehead atoms. The minimum Gasteiger partial charge on any atom is -0.462 e. The fourth-order valence-electron chi connectivity index (χ4n) is 1.66. The molecule has 0 aromatic heterocycles. The van der Waals surface area contributed by atoms with E-state index in [1.54, 1.807) is 24.3 Å². The molecule has 4 nitrogen and oxygen atoms in total. The van der Waals surface area contributed by atoms with E-state index >= 15 is 0 Å². The van der Waals surface area contributed by atoms with Crippen molar-refractivity contribution in [3.05, 3.63) is 42.0 Å². The Morgan fingerprint density at radius 2 is 2.47 bits per heavy atom. The third kappa shape index (κ3) is 2.57. The first-order valence-corrected chi connectivity index (χ1v) is 5.43. The van der Waals surface area contributed by atoms with Crippen molar-refractivity contribution in [3.8, 4) is 0 Å². The molecular formula is C12H13BO4. The van der Waals surface area contributed by atoms with E-state index in [1.807, 2.05) is 0 Å². The summed E-state index contributed by atoms with van der Waals surface area (Å²) in [6.45, 7) is 4.24. The quantitative estimate of drug-likeness (QED) is 0.358. The number of hydrogen-bond acceptors (Lipinski definition) is 4. The van der Waals surface area contributed by atoms with Crippen molar-refractivity contribution in [1.82, 2.24) is 0 Å². The Balaban J connectivity index is 2.09.